The second kappa shape index (κ2) is 4.99. The number of pyridine rings is 1. The van der Waals surface area contributed by atoms with Gasteiger partial charge >= 0.3 is 0 Å². The smallest absolute Gasteiger partial charge is 0.131 e. The highest BCUT2D eigenvalue weighted by Crippen LogP contribution is 2.21. The van der Waals surface area contributed by atoms with Crippen LogP contribution in [0.4, 0.5) is 5.69 Å². The summed E-state index contributed by atoms with van der Waals surface area (Å²) in [4.78, 5) is 6.11. The van der Waals surface area contributed by atoms with Gasteiger partial charge in [0.1, 0.15) is 5.15 Å². The molecule has 1 N–H and O–H groups in total. The van der Waals surface area contributed by atoms with E-state index in [0.717, 1.165) is 12.2 Å². The van der Waals surface area contributed by atoms with Crippen LogP contribution in [0.15, 0.2) is 18.3 Å². The average molecular weight is 243 g/mol. The Kier molecular flexibility index (Phi) is 3.63. The van der Waals surface area contributed by atoms with Crippen molar-refractivity contribution in [3.8, 4) is 0 Å². The number of nitrogens with zero attached hydrogens (tertiary/aromatic N) is 2. The van der Waals surface area contributed by atoms with E-state index < -0.39 is 0 Å². The molecule has 0 saturated carbocycles. The van der Waals surface area contributed by atoms with E-state index in [2.05, 4.69) is 9.88 Å². The molecule has 1 aliphatic heterocycles. The molecule has 0 aliphatic carbocycles. The normalized spacial score (nSPS) is 25.8. The summed E-state index contributed by atoms with van der Waals surface area (Å²) in [6.07, 6.45) is 1.67. The van der Waals surface area contributed by atoms with Crippen molar-refractivity contribution in [2.75, 3.05) is 24.6 Å². The van der Waals surface area contributed by atoms with Gasteiger partial charge in [0.2, 0.25) is 0 Å². The number of aromatic nitrogens is 1. The Hall–Kier alpha value is -0.840. The van der Waals surface area contributed by atoms with Crippen molar-refractivity contribution in [3.05, 3.63) is 23.5 Å². The monoisotopic (exact) mass is 242 g/mol. The van der Waals surface area contributed by atoms with Crippen LogP contribution in [0.3, 0.4) is 0 Å². The van der Waals surface area contributed by atoms with Gasteiger partial charge in [0.25, 0.3) is 0 Å². The molecule has 4 nitrogen and oxygen atoms in total. The second-order valence-electron chi connectivity index (χ2n) is 3.99. The third-order valence-corrected chi connectivity index (χ3v) is 2.81. The minimum Gasteiger partial charge on any atom is -0.394 e. The maximum Gasteiger partial charge on any atom is 0.131 e. The molecule has 2 unspecified atom stereocenters. The molecule has 1 aromatic heterocycles. The number of aliphatic hydroxyl groups is 1. The maximum absolute atomic E-state index is 9.14. The highest BCUT2D eigenvalue weighted by atomic mass is 35.5. The predicted octanol–water partition coefficient (Wildman–Crippen LogP) is 1.32. The van der Waals surface area contributed by atoms with Crippen LogP contribution in [0.5, 0.6) is 0 Å². The van der Waals surface area contributed by atoms with Gasteiger partial charge in [-0.15, -0.1) is 0 Å². The van der Waals surface area contributed by atoms with Crippen LogP contribution < -0.4 is 4.90 Å². The fourth-order valence-corrected chi connectivity index (χ4v) is 2.11. The van der Waals surface area contributed by atoms with Crippen LogP contribution in [0.25, 0.3) is 0 Å². The molecule has 0 amide bonds. The zero-order valence-corrected chi connectivity index (χ0v) is 9.89. The van der Waals surface area contributed by atoms with Crippen LogP contribution >= 0.6 is 11.6 Å². The van der Waals surface area contributed by atoms with Gasteiger partial charge in [-0.25, -0.2) is 4.98 Å². The quantitative estimate of drug-likeness (QED) is 0.795. The molecule has 88 valence electrons. The first-order chi connectivity index (χ1) is 7.69. The number of hydrogen-bond donors (Lipinski definition) is 1. The van der Waals surface area contributed by atoms with Crippen LogP contribution in [0.2, 0.25) is 5.15 Å². The van der Waals surface area contributed by atoms with E-state index in [4.69, 9.17) is 21.4 Å². The van der Waals surface area contributed by atoms with Crippen molar-refractivity contribution in [2.24, 2.45) is 0 Å². The summed E-state index contributed by atoms with van der Waals surface area (Å²) < 4.78 is 5.58. The largest absolute Gasteiger partial charge is 0.394 e. The molecule has 1 fully saturated rings. The highest BCUT2D eigenvalue weighted by Gasteiger charge is 2.24. The van der Waals surface area contributed by atoms with E-state index >= 15 is 0 Å². The Labute approximate surface area is 99.8 Å². The molecule has 2 heterocycles. The third kappa shape index (κ3) is 2.64. The number of morpholine rings is 1. The Balaban J connectivity index is 2.14. The first-order valence-electron chi connectivity index (χ1n) is 5.32. The van der Waals surface area contributed by atoms with E-state index in [1.54, 1.807) is 6.20 Å². The Morgan fingerprint density at radius 1 is 1.62 bits per heavy atom. The van der Waals surface area contributed by atoms with Gasteiger partial charge in [0.15, 0.2) is 0 Å². The molecule has 0 bridgehead atoms. The molecule has 0 radical (unpaired) electrons. The van der Waals surface area contributed by atoms with E-state index in [9.17, 15) is 0 Å². The Morgan fingerprint density at radius 2 is 2.44 bits per heavy atom. The Morgan fingerprint density at radius 3 is 3.12 bits per heavy atom. The molecule has 5 heteroatoms. The number of anilines is 1. The summed E-state index contributed by atoms with van der Waals surface area (Å²) in [7, 11) is 0. The minimum atomic E-state index is -0.129. The van der Waals surface area contributed by atoms with Crippen molar-refractivity contribution in [1.82, 2.24) is 4.98 Å². The summed E-state index contributed by atoms with van der Waals surface area (Å²) in [5.41, 5.74) is 1.02. The fourth-order valence-electron chi connectivity index (χ4n) is 1.95. The molecule has 1 aromatic rings. The number of aliphatic hydroxyl groups excluding tert-OH is 1. The van der Waals surface area contributed by atoms with E-state index in [1.165, 1.54) is 0 Å². The van der Waals surface area contributed by atoms with Crippen molar-refractivity contribution < 1.29 is 9.84 Å². The Bertz CT molecular complexity index is 362. The zero-order valence-electron chi connectivity index (χ0n) is 9.14. The number of halogens is 1. The van der Waals surface area contributed by atoms with Crippen LogP contribution in [-0.4, -0.2) is 42.0 Å². The van der Waals surface area contributed by atoms with Gasteiger partial charge < -0.3 is 14.7 Å². The lowest BCUT2D eigenvalue weighted by molar-refractivity contribution is -0.0421. The summed E-state index contributed by atoms with van der Waals surface area (Å²) >= 11 is 5.85. The molecule has 1 saturated heterocycles. The molecule has 0 spiro atoms. The fraction of sp³-hybridized carbons (Fsp3) is 0.545. The van der Waals surface area contributed by atoms with Gasteiger partial charge in [-0.2, -0.15) is 0 Å². The maximum atomic E-state index is 9.14. The SMILES string of the molecule is CC1CN(c2ccnc(Cl)c2)CC(CO)O1. The van der Waals surface area contributed by atoms with Gasteiger partial charge in [-0.3, -0.25) is 0 Å². The molecule has 1 aliphatic rings. The minimum absolute atomic E-state index is 0.0413. The molecular formula is C11H15ClN2O2. The van der Waals surface area contributed by atoms with Crippen molar-refractivity contribution in [3.63, 3.8) is 0 Å². The zero-order chi connectivity index (χ0) is 11.5. The average Bonchev–Trinajstić information content (AvgIpc) is 2.28. The summed E-state index contributed by atoms with van der Waals surface area (Å²) in [5.74, 6) is 0. The van der Waals surface area contributed by atoms with Gasteiger partial charge in [-0.05, 0) is 19.1 Å². The van der Waals surface area contributed by atoms with E-state index in [0.29, 0.717) is 11.7 Å². The standard InChI is InChI=1S/C11H15ClN2O2/c1-8-5-14(6-10(7-15)16-8)9-2-3-13-11(12)4-9/h2-4,8,10,15H,5-7H2,1H3. The van der Waals surface area contributed by atoms with Crippen molar-refractivity contribution >= 4 is 17.3 Å². The number of rotatable bonds is 2. The second-order valence-corrected chi connectivity index (χ2v) is 4.38. The van der Waals surface area contributed by atoms with Crippen molar-refractivity contribution in [1.29, 1.82) is 0 Å². The van der Waals surface area contributed by atoms with Gasteiger partial charge in [0, 0.05) is 25.0 Å². The molecule has 2 rings (SSSR count). The lowest BCUT2D eigenvalue weighted by Crippen LogP contribution is -2.48. The summed E-state index contributed by atoms with van der Waals surface area (Å²) in [6.45, 7) is 3.52. The highest BCUT2D eigenvalue weighted by molar-refractivity contribution is 6.29. The number of ether oxygens (including phenoxy) is 1. The predicted molar refractivity (Wildman–Crippen MR) is 62.9 cm³/mol. The van der Waals surface area contributed by atoms with E-state index in [-0.39, 0.29) is 18.8 Å². The lowest BCUT2D eigenvalue weighted by atomic mass is 10.2. The van der Waals surface area contributed by atoms with Gasteiger partial charge in [-0.1, -0.05) is 11.6 Å². The van der Waals surface area contributed by atoms with Crippen LogP contribution in [0.1, 0.15) is 6.92 Å². The molecule has 16 heavy (non-hydrogen) atoms. The molecule has 2 atom stereocenters. The van der Waals surface area contributed by atoms with Crippen LogP contribution in [0, 0.1) is 0 Å². The summed E-state index contributed by atoms with van der Waals surface area (Å²) in [5, 5.41) is 9.62. The van der Waals surface area contributed by atoms with Crippen LogP contribution in [-0.2, 0) is 4.74 Å². The molecule has 0 aromatic carbocycles. The first kappa shape index (κ1) is 11.6. The third-order valence-electron chi connectivity index (χ3n) is 2.61. The van der Waals surface area contributed by atoms with Gasteiger partial charge in [0.05, 0.1) is 18.8 Å². The number of hydrogen-bond acceptors (Lipinski definition) is 4. The lowest BCUT2D eigenvalue weighted by Gasteiger charge is -2.37. The topological polar surface area (TPSA) is 45.6 Å². The first-order valence-corrected chi connectivity index (χ1v) is 5.69. The van der Waals surface area contributed by atoms with E-state index in [1.807, 2.05) is 19.1 Å². The summed E-state index contributed by atoms with van der Waals surface area (Å²) in [6, 6.07) is 3.74. The van der Waals surface area contributed by atoms with Crippen molar-refractivity contribution in [2.45, 2.75) is 19.1 Å². The molecular weight excluding hydrogens is 228 g/mol.